The number of aromatic nitrogens is 1. The van der Waals surface area contributed by atoms with E-state index in [-0.39, 0.29) is 5.91 Å². The number of nitrogens with one attached hydrogen (secondary N) is 2. The van der Waals surface area contributed by atoms with Gasteiger partial charge in [-0.3, -0.25) is 4.79 Å². The van der Waals surface area contributed by atoms with Crippen LogP contribution in [0.25, 0.3) is 10.6 Å². The largest absolute Gasteiger partial charge is 0.350 e. The van der Waals surface area contributed by atoms with E-state index in [1.54, 1.807) is 6.20 Å². The topological polar surface area (TPSA) is 54.0 Å². The molecule has 0 saturated carbocycles. The van der Waals surface area contributed by atoms with Crippen molar-refractivity contribution in [1.82, 2.24) is 15.6 Å². The van der Waals surface area contributed by atoms with Crippen LogP contribution in [-0.2, 0) is 0 Å². The second-order valence-corrected chi connectivity index (χ2v) is 5.93. The molecule has 20 heavy (non-hydrogen) atoms. The van der Waals surface area contributed by atoms with Gasteiger partial charge in [0.15, 0.2) is 0 Å². The van der Waals surface area contributed by atoms with Gasteiger partial charge in [-0.15, -0.1) is 11.3 Å². The lowest BCUT2D eigenvalue weighted by Gasteiger charge is -2.10. The van der Waals surface area contributed by atoms with Crippen LogP contribution in [0.5, 0.6) is 0 Å². The molecule has 0 bridgehead atoms. The molecule has 5 heteroatoms. The number of thiazole rings is 1. The summed E-state index contributed by atoms with van der Waals surface area (Å²) in [6, 6.07) is 10.3. The first-order valence-electron chi connectivity index (χ1n) is 6.86. The Kier molecular flexibility index (Phi) is 4.08. The summed E-state index contributed by atoms with van der Waals surface area (Å²) in [5, 5.41) is 7.23. The predicted molar refractivity (Wildman–Crippen MR) is 80.9 cm³/mol. The van der Waals surface area contributed by atoms with Crippen molar-refractivity contribution in [3.05, 3.63) is 41.4 Å². The van der Waals surface area contributed by atoms with Crippen molar-refractivity contribution in [3.8, 4) is 10.6 Å². The van der Waals surface area contributed by atoms with Gasteiger partial charge in [0.1, 0.15) is 9.88 Å². The van der Waals surface area contributed by atoms with Gasteiger partial charge < -0.3 is 10.6 Å². The quantitative estimate of drug-likeness (QED) is 0.907. The molecular formula is C15H17N3OS. The Morgan fingerprint density at radius 2 is 2.25 bits per heavy atom. The molecule has 1 aromatic heterocycles. The van der Waals surface area contributed by atoms with Crippen molar-refractivity contribution in [1.29, 1.82) is 0 Å². The average Bonchev–Trinajstić information content (AvgIpc) is 3.17. The molecule has 1 unspecified atom stereocenters. The molecule has 1 atom stereocenters. The minimum atomic E-state index is -0.0293. The van der Waals surface area contributed by atoms with E-state index in [2.05, 4.69) is 15.6 Å². The first kappa shape index (κ1) is 13.3. The molecule has 1 aliphatic heterocycles. The molecule has 1 saturated heterocycles. The van der Waals surface area contributed by atoms with Gasteiger partial charge in [-0.1, -0.05) is 30.3 Å². The van der Waals surface area contributed by atoms with Gasteiger partial charge in [0, 0.05) is 18.2 Å². The predicted octanol–water partition coefficient (Wildman–Crippen LogP) is 2.29. The number of nitrogens with zero attached hydrogens (tertiary/aromatic N) is 1. The summed E-state index contributed by atoms with van der Waals surface area (Å²) < 4.78 is 0. The van der Waals surface area contributed by atoms with Gasteiger partial charge in [-0.05, 0) is 19.4 Å². The average molecular weight is 287 g/mol. The number of carbonyl (C=O) groups is 1. The Hall–Kier alpha value is -1.72. The van der Waals surface area contributed by atoms with Crippen LogP contribution in [-0.4, -0.2) is 30.0 Å². The van der Waals surface area contributed by atoms with Crippen LogP contribution < -0.4 is 10.6 Å². The van der Waals surface area contributed by atoms with Crippen molar-refractivity contribution >= 4 is 17.2 Å². The zero-order valence-corrected chi connectivity index (χ0v) is 12.0. The summed E-state index contributed by atoms with van der Waals surface area (Å²) in [4.78, 5) is 17.1. The van der Waals surface area contributed by atoms with Crippen LogP contribution >= 0.6 is 11.3 Å². The van der Waals surface area contributed by atoms with Gasteiger partial charge in [-0.25, -0.2) is 4.98 Å². The third kappa shape index (κ3) is 3.05. The SMILES string of the molecule is O=C(NCC1CCCN1)c1cnc(-c2ccccc2)s1. The van der Waals surface area contributed by atoms with Crippen LogP contribution in [0.3, 0.4) is 0 Å². The number of hydrogen-bond acceptors (Lipinski definition) is 4. The molecular weight excluding hydrogens is 270 g/mol. The van der Waals surface area contributed by atoms with Crippen LogP contribution in [0, 0.1) is 0 Å². The van der Waals surface area contributed by atoms with Gasteiger partial charge in [0.25, 0.3) is 5.91 Å². The van der Waals surface area contributed by atoms with Gasteiger partial charge in [0.2, 0.25) is 0 Å². The zero-order chi connectivity index (χ0) is 13.8. The highest BCUT2D eigenvalue weighted by Gasteiger charge is 2.16. The van der Waals surface area contributed by atoms with Crippen LogP contribution in [0.2, 0.25) is 0 Å². The monoisotopic (exact) mass is 287 g/mol. The Labute approximate surface area is 122 Å². The standard InChI is InChI=1S/C15H17N3OS/c19-14(17-9-12-7-4-8-16-12)13-10-18-15(20-13)11-5-2-1-3-6-11/h1-3,5-6,10,12,16H,4,7-9H2,(H,17,19). The van der Waals surface area contributed by atoms with E-state index in [9.17, 15) is 4.79 Å². The van der Waals surface area contributed by atoms with Crippen molar-refractivity contribution in [2.45, 2.75) is 18.9 Å². The van der Waals surface area contributed by atoms with Crippen molar-refractivity contribution < 1.29 is 4.79 Å². The van der Waals surface area contributed by atoms with Gasteiger partial charge in [-0.2, -0.15) is 0 Å². The van der Waals surface area contributed by atoms with E-state index in [1.165, 1.54) is 17.8 Å². The first-order valence-corrected chi connectivity index (χ1v) is 7.67. The summed E-state index contributed by atoms with van der Waals surface area (Å²) >= 11 is 1.43. The lowest BCUT2D eigenvalue weighted by Crippen LogP contribution is -2.36. The Balaban J connectivity index is 1.62. The van der Waals surface area contributed by atoms with Gasteiger partial charge in [0.05, 0.1) is 6.20 Å². The van der Waals surface area contributed by atoms with Crippen LogP contribution in [0.1, 0.15) is 22.5 Å². The molecule has 0 spiro atoms. The number of benzene rings is 1. The lowest BCUT2D eigenvalue weighted by molar-refractivity contribution is 0.0954. The molecule has 2 heterocycles. The molecule has 0 radical (unpaired) electrons. The Bertz CT molecular complexity index is 576. The molecule has 1 aliphatic rings. The molecule has 3 rings (SSSR count). The van der Waals surface area contributed by atoms with Gasteiger partial charge >= 0.3 is 0 Å². The van der Waals surface area contributed by atoms with E-state index in [1.807, 2.05) is 30.3 Å². The fourth-order valence-corrected chi connectivity index (χ4v) is 3.17. The molecule has 0 aliphatic carbocycles. The fraction of sp³-hybridized carbons (Fsp3) is 0.333. The first-order chi connectivity index (χ1) is 9.83. The third-order valence-corrected chi connectivity index (χ3v) is 4.47. The van der Waals surface area contributed by atoms with Crippen LogP contribution in [0.4, 0.5) is 0 Å². The van der Waals surface area contributed by atoms with Crippen molar-refractivity contribution in [2.75, 3.05) is 13.1 Å². The highest BCUT2D eigenvalue weighted by atomic mass is 32.1. The summed E-state index contributed by atoms with van der Waals surface area (Å²) in [6.45, 7) is 1.75. The van der Waals surface area contributed by atoms with Crippen LogP contribution in [0.15, 0.2) is 36.5 Å². The lowest BCUT2D eigenvalue weighted by atomic mass is 10.2. The molecule has 104 valence electrons. The Morgan fingerprint density at radius 1 is 1.40 bits per heavy atom. The maximum atomic E-state index is 12.1. The summed E-state index contributed by atoms with van der Waals surface area (Å²) in [5.41, 5.74) is 1.05. The molecule has 2 aromatic rings. The normalized spacial score (nSPS) is 18.1. The fourth-order valence-electron chi connectivity index (χ4n) is 2.33. The minimum absolute atomic E-state index is 0.0293. The molecule has 1 amide bonds. The maximum Gasteiger partial charge on any atom is 0.263 e. The van der Waals surface area contributed by atoms with E-state index >= 15 is 0 Å². The second-order valence-electron chi connectivity index (χ2n) is 4.90. The smallest absolute Gasteiger partial charge is 0.263 e. The van der Waals surface area contributed by atoms with E-state index < -0.39 is 0 Å². The zero-order valence-electron chi connectivity index (χ0n) is 11.1. The highest BCUT2D eigenvalue weighted by molar-refractivity contribution is 7.16. The third-order valence-electron chi connectivity index (χ3n) is 3.42. The molecule has 2 N–H and O–H groups in total. The molecule has 4 nitrogen and oxygen atoms in total. The maximum absolute atomic E-state index is 12.1. The number of hydrogen-bond donors (Lipinski definition) is 2. The van der Waals surface area contributed by atoms with E-state index in [0.29, 0.717) is 17.5 Å². The van der Waals surface area contributed by atoms with E-state index in [4.69, 9.17) is 0 Å². The van der Waals surface area contributed by atoms with E-state index in [0.717, 1.165) is 23.5 Å². The number of rotatable bonds is 4. The number of amides is 1. The molecule has 1 fully saturated rings. The summed E-state index contributed by atoms with van der Waals surface area (Å²) in [5.74, 6) is -0.0293. The molecule has 1 aromatic carbocycles. The summed E-state index contributed by atoms with van der Waals surface area (Å²) in [6.07, 6.45) is 3.99. The number of carbonyl (C=O) groups excluding carboxylic acids is 1. The van der Waals surface area contributed by atoms with Crippen molar-refractivity contribution in [2.24, 2.45) is 0 Å². The summed E-state index contributed by atoms with van der Waals surface area (Å²) in [7, 11) is 0. The minimum Gasteiger partial charge on any atom is -0.350 e. The van der Waals surface area contributed by atoms with Crippen molar-refractivity contribution in [3.63, 3.8) is 0 Å². The second kappa shape index (κ2) is 6.15. The Morgan fingerprint density at radius 3 is 3.00 bits per heavy atom. The highest BCUT2D eigenvalue weighted by Crippen LogP contribution is 2.24.